The summed E-state index contributed by atoms with van der Waals surface area (Å²) in [6.45, 7) is 9.56. The van der Waals surface area contributed by atoms with Crippen LogP contribution in [0.5, 0.6) is 0 Å². The van der Waals surface area contributed by atoms with E-state index in [0.717, 1.165) is 12.2 Å². The number of aromatic nitrogens is 2. The zero-order chi connectivity index (χ0) is 11.4. The molecule has 1 fully saturated rings. The SMILES string of the molecule is Cc1nn(C)c(C)c1C1(CN)CC1(C)C. The van der Waals surface area contributed by atoms with Crippen molar-refractivity contribution in [3.63, 3.8) is 0 Å². The molecule has 0 radical (unpaired) electrons. The molecule has 1 unspecified atom stereocenters. The van der Waals surface area contributed by atoms with Crippen LogP contribution >= 0.6 is 0 Å². The first-order valence-electron chi connectivity index (χ1n) is 5.56. The second-order valence-electron chi connectivity index (χ2n) is 5.52. The number of nitrogens with zero attached hydrogens (tertiary/aromatic N) is 2. The minimum Gasteiger partial charge on any atom is -0.330 e. The molecule has 1 aromatic heterocycles. The Labute approximate surface area is 91.7 Å². The van der Waals surface area contributed by atoms with Crippen molar-refractivity contribution in [2.45, 2.75) is 39.5 Å². The molecule has 0 amide bonds. The molecule has 1 aromatic rings. The quantitative estimate of drug-likeness (QED) is 0.801. The van der Waals surface area contributed by atoms with E-state index >= 15 is 0 Å². The third-order valence-electron chi connectivity index (χ3n) is 4.25. The molecular weight excluding hydrogens is 186 g/mol. The summed E-state index contributed by atoms with van der Waals surface area (Å²) in [6.07, 6.45) is 1.18. The molecule has 2 rings (SSSR count). The van der Waals surface area contributed by atoms with Crippen LogP contribution in [0.2, 0.25) is 0 Å². The van der Waals surface area contributed by atoms with Crippen molar-refractivity contribution in [3.8, 4) is 0 Å². The van der Waals surface area contributed by atoms with E-state index in [1.165, 1.54) is 17.7 Å². The van der Waals surface area contributed by atoms with Gasteiger partial charge >= 0.3 is 0 Å². The average molecular weight is 207 g/mol. The van der Waals surface area contributed by atoms with Gasteiger partial charge in [-0.3, -0.25) is 4.68 Å². The van der Waals surface area contributed by atoms with E-state index in [-0.39, 0.29) is 5.41 Å². The van der Waals surface area contributed by atoms with Gasteiger partial charge in [-0.1, -0.05) is 13.8 Å². The molecule has 1 atom stereocenters. The van der Waals surface area contributed by atoms with E-state index in [1.54, 1.807) is 0 Å². The maximum Gasteiger partial charge on any atom is 0.0634 e. The molecule has 3 heteroatoms. The lowest BCUT2D eigenvalue weighted by Crippen LogP contribution is -2.26. The van der Waals surface area contributed by atoms with Gasteiger partial charge in [0.05, 0.1) is 5.69 Å². The highest BCUT2D eigenvalue weighted by molar-refractivity contribution is 5.43. The van der Waals surface area contributed by atoms with E-state index in [4.69, 9.17) is 5.73 Å². The first kappa shape index (κ1) is 10.7. The summed E-state index contributed by atoms with van der Waals surface area (Å²) >= 11 is 0. The summed E-state index contributed by atoms with van der Waals surface area (Å²) in [6, 6.07) is 0. The van der Waals surface area contributed by atoms with Gasteiger partial charge in [-0.15, -0.1) is 0 Å². The molecule has 1 saturated carbocycles. The molecule has 0 aromatic carbocycles. The van der Waals surface area contributed by atoms with Crippen molar-refractivity contribution in [2.24, 2.45) is 18.2 Å². The fourth-order valence-corrected chi connectivity index (χ4v) is 3.05. The Balaban J connectivity index is 2.55. The zero-order valence-electron chi connectivity index (χ0n) is 10.4. The second kappa shape index (κ2) is 2.85. The van der Waals surface area contributed by atoms with Crippen LogP contribution in [0.3, 0.4) is 0 Å². The van der Waals surface area contributed by atoms with Gasteiger partial charge in [0.25, 0.3) is 0 Å². The Morgan fingerprint density at radius 1 is 1.40 bits per heavy atom. The highest BCUT2D eigenvalue weighted by atomic mass is 15.3. The molecule has 1 aliphatic rings. The van der Waals surface area contributed by atoms with Crippen LogP contribution < -0.4 is 5.73 Å². The van der Waals surface area contributed by atoms with Gasteiger partial charge in [0.15, 0.2) is 0 Å². The molecule has 0 spiro atoms. The number of hydrogen-bond acceptors (Lipinski definition) is 2. The zero-order valence-corrected chi connectivity index (χ0v) is 10.4. The van der Waals surface area contributed by atoms with Crippen molar-refractivity contribution >= 4 is 0 Å². The predicted molar refractivity (Wildman–Crippen MR) is 61.8 cm³/mol. The van der Waals surface area contributed by atoms with Crippen molar-refractivity contribution in [3.05, 3.63) is 17.0 Å². The van der Waals surface area contributed by atoms with Crippen molar-refractivity contribution in [1.82, 2.24) is 9.78 Å². The monoisotopic (exact) mass is 207 g/mol. The van der Waals surface area contributed by atoms with Gasteiger partial charge in [0, 0.05) is 30.3 Å². The number of nitrogens with two attached hydrogens (primary N) is 1. The maximum absolute atomic E-state index is 5.99. The largest absolute Gasteiger partial charge is 0.330 e. The summed E-state index contributed by atoms with van der Waals surface area (Å²) in [7, 11) is 2.01. The topological polar surface area (TPSA) is 43.8 Å². The van der Waals surface area contributed by atoms with Crippen molar-refractivity contribution in [1.29, 1.82) is 0 Å². The summed E-state index contributed by atoms with van der Waals surface area (Å²) in [4.78, 5) is 0. The lowest BCUT2D eigenvalue weighted by atomic mass is 9.86. The Hall–Kier alpha value is -0.830. The standard InChI is InChI=1S/C12H21N3/c1-8-10(9(2)15(5)14-8)12(7-13)6-11(12,3)4/h6-7,13H2,1-5H3. The van der Waals surface area contributed by atoms with Crippen LogP contribution in [-0.4, -0.2) is 16.3 Å². The molecular formula is C12H21N3. The van der Waals surface area contributed by atoms with E-state index in [9.17, 15) is 0 Å². The van der Waals surface area contributed by atoms with Crippen molar-refractivity contribution in [2.75, 3.05) is 6.54 Å². The molecule has 0 bridgehead atoms. The minimum absolute atomic E-state index is 0.176. The van der Waals surface area contributed by atoms with Crippen LogP contribution in [0.1, 0.15) is 37.2 Å². The first-order valence-corrected chi connectivity index (χ1v) is 5.56. The summed E-state index contributed by atoms with van der Waals surface area (Å²) in [5.74, 6) is 0. The molecule has 1 heterocycles. The Kier molecular flexibility index (Phi) is 2.03. The maximum atomic E-state index is 5.99. The third kappa shape index (κ3) is 1.19. The van der Waals surface area contributed by atoms with E-state index in [0.29, 0.717) is 5.41 Å². The van der Waals surface area contributed by atoms with E-state index in [2.05, 4.69) is 32.8 Å². The lowest BCUT2D eigenvalue weighted by molar-refractivity contribution is 0.498. The van der Waals surface area contributed by atoms with E-state index < -0.39 is 0 Å². The highest BCUT2D eigenvalue weighted by Gasteiger charge is 2.62. The van der Waals surface area contributed by atoms with Gasteiger partial charge in [-0.05, 0) is 25.7 Å². The second-order valence-corrected chi connectivity index (χ2v) is 5.52. The average Bonchev–Trinajstić information content (AvgIpc) is 2.59. The summed E-state index contributed by atoms with van der Waals surface area (Å²) in [5, 5.41) is 4.49. The van der Waals surface area contributed by atoms with Gasteiger partial charge in [-0.25, -0.2) is 0 Å². The molecule has 0 saturated heterocycles. The first-order chi connectivity index (χ1) is 6.85. The van der Waals surface area contributed by atoms with Gasteiger partial charge in [0.2, 0.25) is 0 Å². The molecule has 0 aliphatic heterocycles. The van der Waals surface area contributed by atoms with Gasteiger partial charge in [-0.2, -0.15) is 5.10 Å². The van der Waals surface area contributed by atoms with Crippen molar-refractivity contribution < 1.29 is 0 Å². The molecule has 1 aliphatic carbocycles. The normalized spacial score (nSPS) is 28.1. The highest BCUT2D eigenvalue weighted by Crippen LogP contribution is 2.64. The summed E-state index contributed by atoms with van der Waals surface area (Å²) < 4.78 is 1.97. The van der Waals surface area contributed by atoms with Gasteiger partial charge < -0.3 is 5.73 Å². The number of hydrogen-bond donors (Lipinski definition) is 1. The van der Waals surface area contributed by atoms with Gasteiger partial charge in [0.1, 0.15) is 0 Å². The number of aryl methyl sites for hydroxylation is 2. The Bertz CT molecular complexity index is 403. The molecule has 15 heavy (non-hydrogen) atoms. The Morgan fingerprint density at radius 3 is 2.20 bits per heavy atom. The fourth-order valence-electron chi connectivity index (χ4n) is 3.05. The fraction of sp³-hybridized carbons (Fsp3) is 0.750. The number of rotatable bonds is 2. The minimum atomic E-state index is 0.176. The Morgan fingerprint density at radius 2 is 1.93 bits per heavy atom. The van der Waals surface area contributed by atoms with Crippen LogP contribution in [0, 0.1) is 19.3 Å². The van der Waals surface area contributed by atoms with Crippen LogP contribution in [-0.2, 0) is 12.5 Å². The third-order valence-corrected chi connectivity index (χ3v) is 4.25. The van der Waals surface area contributed by atoms with Crippen LogP contribution in [0.15, 0.2) is 0 Å². The lowest BCUT2D eigenvalue weighted by Gasteiger charge is -2.19. The van der Waals surface area contributed by atoms with Crippen LogP contribution in [0.4, 0.5) is 0 Å². The van der Waals surface area contributed by atoms with E-state index in [1.807, 2.05) is 11.7 Å². The predicted octanol–water partition coefficient (Wildman–Crippen LogP) is 1.66. The molecule has 84 valence electrons. The van der Waals surface area contributed by atoms with Crippen LogP contribution in [0.25, 0.3) is 0 Å². The summed E-state index contributed by atoms with van der Waals surface area (Å²) in [5.41, 5.74) is 10.3. The smallest absolute Gasteiger partial charge is 0.0634 e. The molecule has 3 nitrogen and oxygen atoms in total. The molecule has 2 N–H and O–H groups in total.